The maximum atomic E-state index is 12.7. The quantitative estimate of drug-likeness (QED) is 0.558. The molecule has 2 amide bonds. The number of ether oxygens (including phenoxy) is 1. The molecule has 1 fully saturated rings. The molecule has 1 aromatic carbocycles. The summed E-state index contributed by atoms with van der Waals surface area (Å²) in [5.74, 6) is -2.05. The Bertz CT molecular complexity index is 1090. The van der Waals surface area contributed by atoms with Gasteiger partial charge in [0, 0.05) is 18.7 Å². The van der Waals surface area contributed by atoms with E-state index < -0.39 is 17.8 Å². The third-order valence-electron chi connectivity index (χ3n) is 4.97. The first-order valence-electron chi connectivity index (χ1n) is 9.69. The number of nitrogens with one attached hydrogen (secondary N) is 1. The predicted octanol–water partition coefficient (Wildman–Crippen LogP) is 2.83. The molecule has 31 heavy (non-hydrogen) atoms. The average Bonchev–Trinajstić information content (AvgIpc) is 3.27. The summed E-state index contributed by atoms with van der Waals surface area (Å²) in [6, 6.07) is 8.24. The number of nitrogens with zero attached hydrogens (tertiary/aromatic N) is 2. The van der Waals surface area contributed by atoms with Crippen LogP contribution in [0.3, 0.4) is 0 Å². The number of hydrogen-bond acceptors (Lipinski definition) is 7. The lowest BCUT2D eigenvalue weighted by atomic mass is 10.1. The van der Waals surface area contributed by atoms with Crippen LogP contribution >= 0.6 is 0 Å². The standard InChI is InChI=1S/C22H21N3O6/c1-4-30-22(29)14-5-7-16(8-6-14)25-11-15(9-18(25)27)20(28)24-21-17(10-23)19(12(2)26)13(3)31-21/h5-8,15H,4,9,11H2,1-3H3,(H,24,28). The number of ketones is 1. The van der Waals surface area contributed by atoms with Crippen molar-refractivity contribution in [2.24, 2.45) is 5.92 Å². The number of Topliss-reactive ketones (excluding diaryl/α,β-unsaturated/α-hetero) is 1. The van der Waals surface area contributed by atoms with Crippen LogP contribution in [0, 0.1) is 24.2 Å². The third kappa shape index (κ3) is 4.33. The molecule has 0 aliphatic carbocycles. The van der Waals surface area contributed by atoms with E-state index >= 15 is 0 Å². The molecule has 1 unspecified atom stereocenters. The van der Waals surface area contributed by atoms with Crippen LogP contribution in [-0.4, -0.2) is 36.7 Å². The first-order chi connectivity index (χ1) is 14.8. The number of carbonyl (C=O) groups is 4. The zero-order valence-electron chi connectivity index (χ0n) is 17.4. The van der Waals surface area contributed by atoms with E-state index in [1.54, 1.807) is 31.2 Å². The number of aryl methyl sites for hydroxylation is 1. The van der Waals surface area contributed by atoms with E-state index in [4.69, 9.17) is 9.15 Å². The fourth-order valence-electron chi connectivity index (χ4n) is 3.50. The number of anilines is 2. The highest BCUT2D eigenvalue weighted by Crippen LogP contribution is 2.30. The molecule has 3 rings (SSSR count). The lowest BCUT2D eigenvalue weighted by molar-refractivity contribution is -0.122. The molecule has 1 atom stereocenters. The van der Waals surface area contributed by atoms with E-state index in [-0.39, 0.29) is 54.0 Å². The molecule has 1 aromatic heterocycles. The fraction of sp³-hybridized carbons (Fsp3) is 0.318. The van der Waals surface area contributed by atoms with E-state index in [0.29, 0.717) is 11.3 Å². The molecular formula is C22H21N3O6. The van der Waals surface area contributed by atoms with Crippen LogP contribution in [0.15, 0.2) is 28.7 Å². The lowest BCUT2D eigenvalue weighted by Crippen LogP contribution is -2.28. The minimum Gasteiger partial charge on any atom is -0.462 e. The number of amides is 2. The van der Waals surface area contributed by atoms with Crippen molar-refractivity contribution in [3.05, 3.63) is 46.7 Å². The van der Waals surface area contributed by atoms with Gasteiger partial charge in [0.15, 0.2) is 5.78 Å². The molecule has 160 valence electrons. The summed E-state index contributed by atoms with van der Waals surface area (Å²) in [6.07, 6.45) is -0.0212. The number of rotatable bonds is 6. The first kappa shape index (κ1) is 21.8. The number of esters is 1. The third-order valence-corrected chi connectivity index (χ3v) is 4.97. The monoisotopic (exact) mass is 423 g/mol. The normalized spacial score (nSPS) is 15.5. The molecule has 1 saturated heterocycles. The Morgan fingerprint density at radius 1 is 1.29 bits per heavy atom. The molecular weight excluding hydrogens is 402 g/mol. The second-order valence-corrected chi connectivity index (χ2v) is 7.07. The van der Waals surface area contributed by atoms with Gasteiger partial charge in [-0.05, 0) is 45.0 Å². The number of carbonyl (C=O) groups excluding carboxylic acids is 4. The molecule has 1 aliphatic rings. The summed E-state index contributed by atoms with van der Waals surface area (Å²) < 4.78 is 10.3. The second-order valence-electron chi connectivity index (χ2n) is 7.07. The topological polar surface area (TPSA) is 130 Å². The van der Waals surface area contributed by atoms with Gasteiger partial charge in [-0.15, -0.1) is 0 Å². The van der Waals surface area contributed by atoms with Gasteiger partial charge in [0.1, 0.15) is 17.4 Å². The number of furan rings is 1. The van der Waals surface area contributed by atoms with Crippen LogP contribution < -0.4 is 10.2 Å². The summed E-state index contributed by atoms with van der Waals surface area (Å²) in [5, 5.41) is 11.9. The average molecular weight is 423 g/mol. The Labute approximate surface area is 178 Å². The van der Waals surface area contributed by atoms with Gasteiger partial charge in [-0.2, -0.15) is 5.26 Å². The van der Waals surface area contributed by atoms with Crippen LogP contribution in [-0.2, 0) is 14.3 Å². The highest BCUT2D eigenvalue weighted by molar-refractivity contribution is 6.05. The molecule has 2 heterocycles. The Kier molecular flexibility index (Phi) is 6.20. The molecule has 1 aliphatic heterocycles. The molecule has 9 nitrogen and oxygen atoms in total. The van der Waals surface area contributed by atoms with Crippen LogP contribution in [0.4, 0.5) is 11.6 Å². The van der Waals surface area contributed by atoms with Crippen LogP contribution in [0.1, 0.15) is 52.3 Å². The van der Waals surface area contributed by atoms with Crippen molar-refractivity contribution in [1.82, 2.24) is 0 Å². The minimum absolute atomic E-state index is 0.0212. The summed E-state index contributed by atoms with van der Waals surface area (Å²) in [7, 11) is 0. The van der Waals surface area contributed by atoms with E-state index in [1.807, 2.05) is 6.07 Å². The molecule has 0 radical (unpaired) electrons. The summed E-state index contributed by atoms with van der Waals surface area (Å²) in [4.78, 5) is 50.1. The van der Waals surface area contributed by atoms with E-state index in [2.05, 4.69) is 5.32 Å². The number of nitriles is 1. The van der Waals surface area contributed by atoms with Crippen LogP contribution in [0.5, 0.6) is 0 Å². The predicted molar refractivity (Wildman–Crippen MR) is 110 cm³/mol. The maximum absolute atomic E-state index is 12.7. The summed E-state index contributed by atoms with van der Waals surface area (Å²) in [5.41, 5.74) is 1.02. The SMILES string of the molecule is CCOC(=O)c1ccc(N2CC(C(=O)Nc3oc(C)c(C(C)=O)c3C#N)CC2=O)cc1. The number of benzene rings is 1. The Hall–Kier alpha value is -3.93. The van der Waals surface area contributed by atoms with Gasteiger partial charge in [-0.25, -0.2) is 4.79 Å². The van der Waals surface area contributed by atoms with E-state index in [0.717, 1.165) is 0 Å². The molecule has 0 bridgehead atoms. The van der Waals surface area contributed by atoms with Gasteiger partial charge < -0.3 is 14.1 Å². The van der Waals surface area contributed by atoms with Crippen molar-refractivity contribution in [2.75, 3.05) is 23.4 Å². The zero-order chi connectivity index (χ0) is 22.7. The smallest absolute Gasteiger partial charge is 0.338 e. The highest BCUT2D eigenvalue weighted by atomic mass is 16.5. The Balaban J connectivity index is 1.73. The first-order valence-corrected chi connectivity index (χ1v) is 9.69. The highest BCUT2D eigenvalue weighted by Gasteiger charge is 2.36. The van der Waals surface area contributed by atoms with Crippen molar-refractivity contribution < 1.29 is 28.3 Å². The largest absolute Gasteiger partial charge is 0.462 e. The lowest BCUT2D eigenvalue weighted by Gasteiger charge is -2.17. The molecule has 0 saturated carbocycles. The summed E-state index contributed by atoms with van der Waals surface area (Å²) in [6.45, 7) is 4.95. The van der Waals surface area contributed by atoms with Gasteiger partial charge in [0.2, 0.25) is 17.7 Å². The molecule has 9 heteroatoms. The molecule has 0 spiro atoms. The second kappa shape index (κ2) is 8.83. The summed E-state index contributed by atoms with van der Waals surface area (Å²) >= 11 is 0. The van der Waals surface area contributed by atoms with E-state index in [9.17, 15) is 24.4 Å². The zero-order valence-corrected chi connectivity index (χ0v) is 17.4. The van der Waals surface area contributed by atoms with Crippen LogP contribution in [0.2, 0.25) is 0 Å². The van der Waals surface area contributed by atoms with E-state index in [1.165, 1.54) is 18.7 Å². The van der Waals surface area contributed by atoms with Crippen molar-refractivity contribution in [2.45, 2.75) is 27.2 Å². The van der Waals surface area contributed by atoms with Crippen molar-refractivity contribution in [3.63, 3.8) is 0 Å². The van der Waals surface area contributed by atoms with Gasteiger partial charge in [0.05, 0.1) is 23.7 Å². The van der Waals surface area contributed by atoms with Gasteiger partial charge in [-0.1, -0.05) is 0 Å². The van der Waals surface area contributed by atoms with Crippen molar-refractivity contribution >= 4 is 35.1 Å². The Morgan fingerprint density at radius 3 is 2.55 bits per heavy atom. The Morgan fingerprint density at radius 2 is 1.97 bits per heavy atom. The van der Waals surface area contributed by atoms with Crippen LogP contribution in [0.25, 0.3) is 0 Å². The molecule has 1 N–H and O–H groups in total. The number of hydrogen-bond donors (Lipinski definition) is 1. The van der Waals surface area contributed by atoms with Gasteiger partial charge >= 0.3 is 5.97 Å². The maximum Gasteiger partial charge on any atom is 0.338 e. The van der Waals surface area contributed by atoms with Gasteiger partial charge in [-0.3, -0.25) is 19.7 Å². The fourth-order valence-corrected chi connectivity index (χ4v) is 3.50. The van der Waals surface area contributed by atoms with Crippen molar-refractivity contribution in [3.8, 4) is 6.07 Å². The molecule has 2 aromatic rings. The van der Waals surface area contributed by atoms with Crippen molar-refractivity contribution in [1.29, 1.82) is 5.26 Å². The minimum atomic E-state index is -0.671. The van der Waals surface area contributed by atoms with Gasteiger partial charge in [0.25, 0.3) is 0 Å².